The standard InChI is InChI=1S/C20H20N4O3/c1-26-12-11-21-20(25)18-13-23-19(14-22-18)24-15-7-9-17(10-8-15)27-16-5-3-2-4-6-16/h2-10,13-14H,11-12H2,1H3,(H,21,25)(H,23,24). The van der Waals surface area contributed by atoms with Crippen LogP contribution in [-0.2, 0) is 4.74 Å². The average molecular weight is 364 g/mol. The van der Waals surface area contributed by atoms with Gasteiger partial charge in [0.15, 0.2) is 0 Å². The number of amides is 1. The number of anilines is 2. The van der Waals surface area contributed by atoms with Crippen LogP contribution < -0.4 is 15.4 Å². The van der Waals surface area contributed by atoms with Crippen molar-refractivity contribution in [3.8, 4) is 11.5 Å². The second-order valence-corrected chi connectivity index (χ2v) is 5.60. The van der Waals surface area contributed by atoms with E-state index in [0.29, 0.717) is 19.0 Å². The fourth-order valence-corrected chi connectivity index (χ4v) is 2.25. The highest BCUT2D eigenvalue weighted by Gasteiger charge is 2.07. The maximum Gasteiger partial charge on any atom is 0.271 e. The van der Waals surface area contributed by atoms with Gasteiger partial charge in [-0.15, -0.1) is 0 Å². The molecule has 1 amide bonds. The van der Waals surface area contributed by atoms with Crippen LogP contribution in [0.2, 0.25) is 0 Å². The van der Waals surface area contributed by atoms with Crippen LogP contribution in [0.4, 0.5) is 11.5 Å². The summed E-state index contributed by atoms with van der Waals surface area (Å²) in [5, 5.41) is 5.83. The molecule has 1 aromatic heterocycles. The van der Waals surface area contributed by atoms with E-state index in [1.54, 1.807) is 7.11 Å². The zero-order valence-electron chi connectivity index (χ0n) is 14.9. The highest BCUT2D eigenvalue weighted by Crippen LogP contribution is 2.23. The van der Waals surface area contributed by atoms with Crippen LogP contribution in [0.25, 0.3) is 0 Å². The molecule has 0 saturated heterocycles. The number of hydrogen-bond acceptors (Lipinski definition) is 6. The Kier molecular flexibility index (Phi) is 6.32. The molecule has 27 heavy (non-hydrogen) atoms. The van der Waals surface area contributed by atoms with Gasteiger partial charge in [-0.05, 0) is 36.4 Å². The van der Waals surface area contributed by atoms with Crippen LogP contribution >= 0.6 is 0 Å². The zero-order valence-corrected chi connectivity index (χ0v) is 14.9. The minimum Gasteiger partial charge on any atom is -0.457 e. The summed E-state index contributed by atoms with van der Waals surface area (Å²) in [6.07, 6.45) is 2.94. The topological polar surface area (TPSA) is 85.4 Å². The molecule has 0 unspecified atom stereocenters. The molecule has 2 aromatic carbocycles. The van der Waals surface area contributed by atoms with Crippen LogP contribution in [-0.4, -0.2) is 36.1 Å². The second kappa shape index (κ2) is 9.30. The molecule has 0 bridgehead atoms. The Labute approximate surface area is 157 Å². The number of nitrogens with one attached hydrogen (secondary N) is 2. The third-order valence-corrected chi connectivity index (χ3v) is 3.58. The Bertz CT molecular complexity index is 853. The summed E-state index contributed by atoms with van der Waals surface area (Å²) in [5.41, 5.74) is 1.09. The summed E-state index contributed by atoms with van der Waals surface area (Å²) in [6.45, 7) is 0.872. The van der Waals surface area contributed by atoms with Crippen molar-refractivity contribution in [3.63, 3.8) is 0 Å². The third kappa shape index (κ3) is 5.52. The van der Waals surface area contributed by atoms with E-state index in [2.05, 4.69) is 20.6 Å². The Morgan fingerprint density at radius 1 is 0.963 bits per heavy atom. The van der Waals surface area contributed by atoms with Gasteiger partial charge in [-0.25, -0.2) is 9.97 Å². The molecule has 0 saturated carbocycles. The molecule has 3 rings (SSSR count). The third-order valence-electron chi connectivity index (χ3n) is 3.58. The first-order valence-corrected chi connectivity index (χ1v) is 8.44. The molecule has 0 atom stereocenters. The molecule has 2 N–H and O–H groups in total. The lowest BCUT2D eigenvalue weighted by molar-refractivity contribution is 0.0932. The molecule has 0 radical (unpaired) electrons. The molecule has 0 aliphatic carbocycles. The first kappa shape index (κ1) is 18.3. The molecule has 0 fully saturated rings. The lowest BCUT2D eigenvalue weighted by Crippen LogP contribution is -2.27. The fourth-order valence-electron chi connectivity index (χ4n) is 2.25. The van der Waals surface area contributed by atoms with Crippen LogP contribution in [0.15, 0.2) is 67.0 Å². The number of hydrogen-bond donors (Lipinski definition) is 2. The van der Waals surface area contributed by atoms with Crippen LogP contribution in [0.5, 0.6) is 11.5 Å². The highest BCUT2D eigenvalue weighted by atomic mass is 16.5. The van der Waals surface area contributed by atoms with Crippen molar-refractivity contribution in [2.75, 3.05) is 25.6 Å². The highest BCUT2D eigenvalue weighted by molar-refractivity contribution is 5.92. The second-order valence-electron chi connectivity index (χ2n) is 5.60. The van der Waals surface area contributed by atoms with Crippen LogP contribution in [0.3, 0.4) is 0 Å². The predicted molar refractivity (Wildman–Crippen MR) is 102 cm³/mol. The van der Waals surface area contributed by atoms with Crippen molar-refractivity contribution in [3.05, 3.63) is 72.7 Å². The average Bonchev–Trinajstić information content (AvgIpc) is 2.71. The predicted octanol–water partition coefficient (Wildman–Crippen LogP) is 3.39. The maximum absolute atomic E-state index is 11.9. The van der Waals surface area contributed by atoms with Crippen molar-refractivity contribution < 1.29 is 14.3 Å². The van der Waals surface area contributed by atoms with Crippen molar-refractivity contribution in [2.24, 2.45) is 0 Å². The summed E-state index contributed by atoms with van der Waals surface area (Å²) in [4.78, 5) is 20.2. The number of rotatable bonds is 8. The van der Waals surface area contributed by atoms with Crippen LogP contribution in [0.1, 0.15) is 10.5 Å². The Morgan fingerprint density at radius 3 is 2.37 bits per heavy atom. The molecular formula is C20H20N4O3. The molecule has 138 valence electrons. The number of methoxy groups -OCH3 is 1. The van der Waals surface area contributed by atoms with E-state index in [9.17, 15) is 4.79 Å². The molecule has 3 aromatic rings. The SMILES string of the molecule is COCCNC(=O)c1cnc(Nc2ccc(Oc3ccccc3)cc2)cn1. The number of nitrogens with zero attached hydrogens (tertiary/aromatic N) is 2. The van der Waals surface area contributed by atoms with Gasteiger partial charge in [0.1, 0.15) is 23.0 Å². The number of aromatic nitrogens is 2. The summed E-state index contributed by atoms with van der Waals surface area (Å²) < 4.78 is 10.6. The Morgan fingerprint density at radius 2 is 1.70 bits per heavy atom. The zero-order chi connectivity index (χ0) is 18.9. The van der Waals surface area contributed by atoms with E-state index in [4.69, 9.17) is 9.47 Å². The number of carbonyl (C=O) groups excluding carboxylic acids is 1. The van der Waals surface area contributed by atoms with E-state index < -0.39 is 0 Å². The molecular weight excluding hydrogens is 344 g/mol. The summed E-state index contributed by atoms with van der Waals surface area (Å²) >= 11 is 0. The van der Waals surface area contributed by atoms with Gasteiger partial charge < -0.3 is 20.1 Å². The largest absolute Gasteiger partial charge is 0.457 e. The first-order chi connectivity index (χ1) is 13.2. The van der Waals surface area contributed by atoms with Gasteiger partial charge in [0, 0.05) is 19.3 Å². The minimum absolute atomic E-state index is 0.253. The van der Waals surface area contributed by atoms with Crippen molar-refractivity contribution >= 4 is 17.4 Å². The lowest BCUT2D eigenvalue weighted by atomic mass is 10.3. The number of ether oxygens (including phenoxy) is 2. The van der Waals surface area contributed by atoms with Gasteiger partial charge in [0.05, 0.1) is 19.0 Å². The Balaban J connectivity index is 1.56. The molecule has 0 aliphatic heterocycles. The van der Waals surface area contributed by atoms with Gasteiger partial charge in [0.25, 0.3) is 5.91 Å². The molecule has 0 aliphatic rings. The van der Waals surface area contributed by atoms with E-state index in [0.717, 1.165) is 17.2 Å². The number of carbonyl (C=O) groups is 1. The number of benzene rings is 2. The quantitative estimate of drug-likeness (QED) is 0.596. The van der Waals surface area contributed by atoms with E-state index in [1.807, 2.05) is 54.6 Å². The van der Waals surface area contributed by atoms with Gasteiger partial charge in [-0.3, -0.25) is 4.79 Å². The van der Waals surface area contributed by atoms with Crippen LogP contribution in [0, 0.1) is 0 Å². The smallest absolute Gasteiger partial charge is 0.271 e. The van der Waals surface area contributed by atoms with E-state index >= 15 is 0 Å². The number of para-hydroxylation sites is 1. The first-order valence-electron chi connectivity index (χ1n) is 8.44. The molecule has 7 heteroatoms. The monoisotopic (exact) mass is 364 g/mol. The summed E-state index contributed by atoms with van der Waals surface area (Å²) in [5.74, 6) is 1.78. The van der Waals surface area contributed by atoms with Gasteiger partial charge in [-0.1, -0.05) is 18.2 Å². The maximum atomic E-state index is 11.9. The fraction of sp³-hybridized carbons (Fsp3) is 0.150. The Hall–Kier alpha value is -3.45. The van der Waals surface area contributed by atoms with Crippen molar-refractivity contribution in [2.45, 2.75) is 0 Å². The van der Waals surface area contributed by atoms with Gasteiger partial charge in [0.2, 0.25) is 0 Å². The van der Waals surface area contributed by atoms with Gasteiger partial charge in [-0.2, -0.15) is 0 Å². The summed E-state index contributed by atoms with van der Waals surface area (Å²) in [7, 11) is 1.58. The summed E-state index contributed by atoms with van der Waals surface area (Å²) in [6, 6.07) is 17.1. The molecule has 7 nitrogen and oxygen atoms in total. The lowest BCUT2D eigenvalue weighted by Gasteiger charge is -2.08. The minimum atomic E-state index is -0.284. The van der Waals surface area contributed by atoms with Crippen molar-refractivity contribution in [1.82, 2.24) is 15.3 Å². The van der Waals surface area contributed by atoms with E-state index in [-0.39, 0.29) is 11.6 Å². The van der Waals surface area contributed by atoms with Crippen molar-refractivity contribution in [1.29, 1.82) is 0 Å². The van der Waals surface area contributed by atoms with E-state index in [1.165, 1.54) is 12.4 Å². The molecule has 0 spiro atoms. The normalized spacial score (nSPS) is 10.3. The molecule has 1 heterocycles. The van der Waals surface area contributed by atoms with Gasteiger partial charge >= 0.3 is 0 Å².